The Morgan fingerprint density at radius 1 is 0.966 bits per heavy atom. The molecule has 1 aliphatic heterocycles. The number of rotatable bonds is 4. The molecule has 0 saturated carbocycles. The first-order chi connectivity index (χ1) is 13.8. The molecule has 1 aromatic carbocycles. The van der Waals surface area contributed by atoms with E-state index in [1.165, 1.54) is 0 Å². The van der Waals surface area contributed by atoms with Crippen LogP contribution in [0.1, 0.15) is 54.2 Å². The lowest BCUT2D eigenvalue weighted by Gasteiger charge is -2.33. The molecule has 3 rings (SSSR count). The molecule has 0 bridgehead atoms. The molecule has 1 aliphatic rings. The topological polar surface area (TPSA) is 65.5 Å². The molecule has 0 aliphatic carbocycles. The summed E-state index contributed by atoms with van der Waals surface area (Å²) in [5.74, 6) is -0.433. The molecule has 2 aromatic rings. The zero-order valence-electron chi connectivity index (χ0n) is 17.7. The summed E-state index contributed by atoms with van der Waals surface area (Å²) in [5.41, 5.74) is 2.27. The number of piperazine rings is 1. The number of carbonyl (C=O) groups is 2. The summed E-state index contributed by atoms with van der Waals surface area (Å²) in [5, 5.41) is 2.96. The summed E-state index contributed by atoms with van der Waals surface area (Å²) in [7, 11) is 0. The van der Waals surface area contributed by atoms with Gasteiger partial charge in [0.05, 0.1) is 0 Å². The van der Waals surface area contributed by atoms with Gasteiger partial charge in [0.2, 0.25) is 0 Å². The number of amides is 2. The van der Waals surface area contributed by atoms with E-state index in [1.807, 2.05) is 29.2 Å². The van der Waals surface area contributed by atoms with Crippen LogP contribution in [0.5, 0.6) is 0 Å². The molecule has 154 valence electrons. The lowest BCUT2D eigenvalue weighted by molar-refractivity contribution is 0.0637. The summed E-state index contributed by atoms with van der Waals surface area (Å²) in [4.78, 5) is 34.1. The fourth-order valence-corrected chi connectivity index (χ4v) is 3.54. The summed E-state index contributed by atoms with van der Waals surface area (Å²) in [6.07, 6.45) is 0. The van der Waals surface area contributed by atoms with Crippen LogP contribution in [-0.2, 0) is 5.41 Å². The van der Waals surface area contributed by atoms with Crippen molar-refractivity contribution < 1.29 is 9.59 Å². The second-order valence-corrected chi connectivity index (χ2v) is 8.38. The Bertz CT molecular complexity index is 880. The number of carbonyl (C=O) groups excluding carboxylic acids is 2. The molecule has 1 fully saturated rings. The molecule has 29 heavy (non-hydrogen) atoms. The van der Waals surface area contributed by atoms with E-state index in [2.05, 4.69) is 42.9 Å². The number of pyridine rings is 1. The third-order valence-electron chi connectivity index (χ3n) is 5.29. The molecule has 0 radical (unpaired) electrons. The zero-order chi connectivity index (χ0) is 21.0. The molecular formula is C23H30N4O2. The third-order valence-corrected chi connectivity index (χ3v) is 5.29. The average Bonchev–Trinajstić information content (AvgIpc) is 2.73. The minimum absolute atomic E-state index is 0.101. The summed E-state index contributed by atoms with van der Waals surface area (Å²) in [6.45, 7) is 12.5. The van der Waals surface area contributed by atoms with E-state index in [0.717, 1.165) is 30.9 Å². The normalized spacial score (nSPS) is 15.2. The Morgan fingerprint density at radius 2 is 1.62 bits per heavy atom. The van der Waals surface area contributed by atoms with Crippen LogP contribution in [0.3, 0.4) is 0 Å². The Balaban J connectivity index is 1.75. The number of hydrogen-bond donors (Lipinski definition) is 1. The highest BCUT2D eigenvalue weighted by Gasteiger charge is 2.23. The van der Waals surface area contributed by atoms with Crippen LogP contribution in [0.4, 0.5) is 5.69 Å². The van der Waals surface area contributed by atoms with E-state index in [4.69, 9.17) is 0 Å². The molecule has 1 aromatic heterocycles. The predicted octanol–water partition coefficient (Wildman–Crippen LogP) is 3.41. The van der Waals surface area contributed by atoms with Gasteiger partial charge in [-0.05, 0) is 35.7 Å². The maximum atomic E-state index is 12.8. The van der Waals surface area contributed by atoms with Gasteiger partial charge >= 0.3 is 0 Å². The van der Waals surface area contributed by atoms with Crippen LogP contribution in [-0.4, -0.2) is 59.3 Å². The number of likely N-dealkylation sites (N-methyl/N-ethyl adjacent to an activating group) is 1. The first-order valence-corrected chi connectivity index (χ1v) is 10.2. The van der Waals surface area contributed by atoms with Gasteiger partial charge in [0, 0.05) is 31.9 Å². The van der Waals surface area contributed by atoms with Crippen LogP contribution in [0.25, 0.3) is 0 Å². The maximum Gasteiger partial charge on any atom is 0.274 e. The van der Waals surface area contributed by atoms with E-state index in [0.29, 0.717) is 18.8 Å². The molecule has 1 saturated heterocycles. The molecule has 6 nitrogen and oxygen atoms in total. The van der Waals surface area contributed by atoms with Gasteiger partial charge in [0.15, 0.2) is 0 Å². The first-order valence-electron chi connectivity index (χ1n) is 10.2. The van der Waals surface area contributed by atoms with Gasteiger partial charge in [-0.15, -0.1) is 0 Å². The Kier molecular flexibility index (Phi) is 6.33. The minimum Gasteiger partial charge on any atom is -0.335 e. The average molecular weight is 395 g/mol. The Labute approximate surface area is 172 Å². The largest absolute Gasteiger partial charge is 0.335 e. The zero-order valence-corrected chi connectivity index (χ0v) is 17.7. The summed E-state index contributed by atoms with van der Waals surface area (Å²) >= 11 is 0. The summed E-state index contributed by atoms with van der Waals surface area (Å²) in [6, 6.07) is 12.8. The number of aromatic nitrogens is 1. The van der Waals surface area contributed by atoms with Gasteiger partial charge in [-0.25, -0.2) is 4.98 Å². The van der Waals surface area contributed by atoms with E-state index in [9.17, 15) is 9.59 Å². The van der Waals surface area contributed by atoms with Crippen LogP contribution in [0.15, 0.2) is 42.5 Å². The molecule has 1 N–H and O–H groups in total. The fourth-order valence-electron chi connectivity index (χ4n) is 3.54. The second kappa shape index (κ2) is 8.74. The highest BCUT2D eigenvalue weighted by Crippen LogP contribution is 2.29. The lowest BCUT2D eigenvalue weighted by atomic mass is 9.86. The van der Waals surface area contributed by atoms with Crippen LogP contribution in [0.2, 0.25) is 0 Å². The van der Waals surface area contributed by atoms with E-state index >= 15 is 0 Å². The Morgan fingerprint density at radius 3 is 2.28 bits per heavy atom. The number of benzene rings is 1. The van der Waals surface area contributed by atoms with Crippen molar-refractivity contribution in [1.29, 1.82) is 0 Å². The van der Waals surface area contributed by atoms with Gasteiger partial charge in [-0.1, -0.05) is 52.0 Å². The quantitative estimate of drug-likeness (QED) is 0.863. The lowest BCUT2D eigenvalue weighted by Crippen LogP contribution is -2.48. The van der Waals surface area contributed by atoms with Crippen LogP contribution >= 0.6 is 0 Å². The number of nitrogens with zero attached hydrogens (tertiary/aromatic N) is 3. The highest BCUT2D eigenvalue weighted by atomic mass is 16.2. The molecule has 6 heteroatoms. The van der Waals surface area contributed by atoms with Gasteiger partial charge in [0.1, 0.15) is 11.4 Å². The Hall–Kier alpha value is -2.73. The fraction of sp³-hybridized carbons (Fsp3) is 0.435. The van der Waals surface area contributed by atoms with Crippen molar-refractivity contribution >= 4 is 17.5 Å². The molecule has 2 heterocycles. The number of para-hydroxylation sites is 1. The third kappa shape index (κ3) is 5.01. The molecule has 0 atom stereocenters. The minimum atomic E-state index is -0.313. The first kappa shape index (κ1) is 21.0. The van der Waals surface area contributed by atoms with Crippen molar-refractivity contribution in [3.05, 3.63) is 59.4 Å². The SMILES string of the molecule is CCN1CCN(C(=O)c2cccc(C(=O)Nc3ccccc3C(C)(C)C)n2)CC1. The summed E-state index contributed by atoms with van der Waals surface area (Å²) < 4.78 is 0. The number of anilines is 1. The van der Waals surface area contributed by atoms with E-state index in [-0.39, 0.29) is 22.9 Å². The maximum absolute atomic E-state index is 12.8. The monoisotopic (exact) mass is 394 g/mol. The van der Waals surface area contributed by atoms with Gasteiger partial charge < -0.3 is 15.1 Å². The van der Waals surface area contributed by atoms with Crippen molar-refractivity contribution in [1.82, 2.24) is 14.8 Å². The molecule has 2 amide bonds. The van der Waals surface area contributed by atoms with Crippen LogP contribution in [0, 0.1) is 0 Å². The highest BCUT2D eigenvalue weighted by molar-refractivity contribution is 6.04. The van der Waals surface area contributed by atoms with Gasteiger partial charge in [-0.3, -0.25) is 9.59 Å². The second-order valence-electron chi connectivity index (χ2n) is 8.38. The van der Waals surface area contributed by atoms with E-state index in [1.54, 1.807) is 18.2 Å². The van der Waals surface area contributed by atoms with Crippen LogP contribution < -0.4 is 5.32 Å². The number of hydrogen-bond acceptors (Lipinski definition) is 4. The van der Waals surface area contributed by atoms with Crippen molar-refractivity contribution in [3.8, 4) is 0 Å². The smallest absolute Gasteiger partial charge is 0.274 e. The predicted molar refractivity (Wildman–Crippen MR) is 115 cm³/mol. The van der Waals surface area contributed by atoms with Crippen molar-refractivity contribution in [3.63, 3.8) is 0 Å². The number of nitrogens with one attached hydrogen (secondary N) is 1. The van der Waals surface area contributed by atoms with Gasteiger partial charge in [-0.2, -0.15) is 0 Å². The van der Waals surface area contributed by atoms with Crippen molar-refractivity contribution in [2.75, 3.05) is 38.0 Å². The van der Waals surface area contributed by atoms with Crippen molar-refractivity contribution in [2.45, 2.75) is 33.1 Å². The van der Waals surface area contributed by atoms with E-state index < -0.39 is 0 Å². The molecular weight excluding hydrogens is 364 g/mol. The van der Waals surface area contributed by atoms with Gasteiger partial charge in [0.25, 0.3) is 11.8 Å². The molecule has 0 unspecified atom stereocenters. The standard InChI is InChI=1S/C23H30N4O2/c1-5-26-13-15-27(16-14-26)22(29)20-12-8-11-19(24-20)21(28)25-18-10-7-6-9-17(18)23(2,3)4/h6-12H,5,13-16H2,1-4H3,(H,25,28). The van der Waals surface area contributed by atoms with Crippen molar-refractivity contribution in [2.24, 2.45) is 0 Å². The molecule has 0 spiro atoms.